The van der Waals surface area contributed by atoms with Gasteiger partial charge in [0.15, 0.2) is 12.3 Å². The Kier molecular flexibility index (Phi) is 24.9. The number of nitrogens with zero attached hydrogens (tertiary/aromatic N) is 2. The van der Waals surface area contributed by atoms with Gasteiger partial charge in [0.05, 0.1) is 87.0 Å². The second-order valence-electron chi connectivity index (χ2n) is 20.9. The van der Waals surface area contributed by atoms with Crippen molar-refractivity contribution < 1.29 is 112 Å². The van der Waals surface area contributed by atoms with Gasteiger partial charge in [-0.3, -0.25) is 27.6 Å². The van der Waals surface area contributed by atoms with Gasteiger partial charge in [-0.05, 0) is 105 Å². The number of anilines is 1. The summed E-state index contributed by atoms with van der Waals surface area (Å²) in [5.74, 6) is -1.69. The first-order valence-corrected chi connectivity index (χ1v) is 34.9. The molecule has 482 valence electrons. The maximum atomic E-state index is 13.0. The number of benzene rings is 4. The number of rotatable bonds is 38. The van der Waals surface area contributed by atoms with E-state index in [0.29, 0.717) is 92.8 Å². The normalized spacial score (nSPS) is 18.2. The maximum absolute atomic E-state index is 13.0. The van der Waals surface area contributed by atoms with Gasteiger partial charge in [-0.25, -0.2) is 0 Å². The highest BCUT2D eigenvalue weighted by atomic mass is 32.2. The summed E-state index contributed by atoms with van der Waals surface area (Å²) in [5.41, 5.74) is 0.0146. The Hall–Kier alpha value is -5.17. The van der Waals surface area contributed by atoms with Gasteiger partial charge >= 0.3 is 5.97 Å². The highest BCUT2D eigenvalue weighted by Gasteiger charge is 2.49. The average molecular weight is 1320 g/mol. The van der Waals surface area contributed by atoms with Crippen LogP contribution in [0.3, 0.4) is 0 Å². The number of carboxylic acids is 1. The minimum Gasteiger partial charge on any atom is -0.481 e. The van der Waals surface area contributed by atoms with E-state index >= 15 is 0 Å². The van der Waals surface area contributed by atoms with Crippen LogP contribution in [0.4, 0.5) is 11.4 Å². The number of carbonyl (C=O) groups is 1. The molecular formula is C56H75N2O24S5+. The Morgan fingerprint density at radius 1 is 0.540 bits per heavy atom. The second-order valence-corrected chi connectivity index (χ2v) is 28.1. The van der Waals surface area contributed by atoms with Gasteiger partial charge in [-0.15, -0.1) is 0 Å². The summed E-state index contributed by atoms with van der Waals surface area (Å²) >= 11 is 0. The third-order valence-corrected chi connectivity index (χ3v) is 19.2. The molecule has 0 aromatic heterocycles. The minimum absolute atomic E-state index is 0.0337. The fourth-order valence-corrected chi connectivity index (χ4v) is 14.2. The molecule has 0 spiro atoms. The molecule has 0 aliphatic carbocycles. The molecule has 2 aliphatic heterocycles. The fourth-order valence-electron chi connectivity index (χ4n) is 11.0. The number of hydrogen-bond acceptors (Lipinski definition) is 19. The predicted octanol–water partition coefficient (Wildman–Crippen LogP) is 6.19. The van der Waals surface area contributed by atoms with Crippen molar-refractivity contribution in [2.45, 2.75) is 89.2 Å². The first-order chi connectivity index (χ1) is 40.9. The van der Waals surface area contributed by atoms with Crippen molar-refractivity contribution in [1.82, 2.24) is 0 Å². The Morgan fingerprint density at radius 2 is 1.05 bits per heavy atom. The summed E-state index contributed by atoms with van der Waals surface area (Å²) in [5, 5.41) is 9.24. The topological polar surface area (TPSA) is 380 Å². The zero-order valence-electron chi connectivity index (χ0n) is 48.5. The van der Waals surface area contributed by atoms with Crippen molar-refractivity contribution in [3.63, 3.8) is 0 Å². The van der Waals surface area contributed by atoms with E-state index in [4.69, 9.17) is 33.2 Å². The molecule has 2 heterocycles. The van der Waals surface area contributed by atoms with Crippen LogP contribution in [0.25, 0.3) is 21.5 Å². The molecule has 26 nitrogen and oxygen atoms in total. The number of methoxy groups -OCH3 is 2. The van der Waals surface area contributed by atoms with E-state index in [2.05, 4.69) is 0 Å². The molecule has 2 atom stereocenters. The summed E-state index contributed by atoms with van der Waals surface area (Å²) in [6.45, 7) is 6.70. The third-order valence-electron chi connectivity index (χ3n) is 14.9. The molecule has 4 aromatic rings. The van der Waals surface area contributed by atoms with Crippen LogP contribution >= 0.6 is 0 Å². The van der Waals surface area contributed by atoms with Crippen LogP contribution < -0.4 is 4.90 Å². The molecule has 0 bridgehead atoms. The van der Waals surface area contributed by atoms with Gasteiger partial charge in [-0.1, -0.05) is 30.7 Å². The number of ether oxygens (including phenoxy) is 7. The molecule has 6 N–H and O–H groups in total. The van der Waals surface area contributed by atoms with Crippen LogP contribution in [-0.4, -0.2) is 199 Å². The SMILES string of the molecule is COCCOCCOCCOCCC1(C)\C(=C/C=C/C=C/C2=[N+](CCOCCOCCOC)c3ccc4c(S(=O)(=O)O)cc(S(=O)(=O)O)cc4c3C2(C)CCCS(=O)(=O)O)N(CCCCCC(=O)O)c2ccc3c(S(=O)(=O)O)cc(S(=O)(=O)O)cc3c21. The second kappa shape index (κ2) is 30.6. The Morgan fingerprint density at radius 3 is 1.55 bits per heavy atom. The molecule has 2 aliphatic rings. The lowest BCUT2D eigenvalue weighted by Crippen LogP contribution is -2.33. The van der Waals surface area contributed by atoms with Gasteiger partial charge in [-0.2, -0.15) is 46.7 Å². The Labute approximate surface area is 507 Å². The van der Waals surface area contributed by atoms with Gasteiger partial charge < -0.3 is 43.2 Å². The van der Waals surface area contributed by atoms with Crippen molar-refractivity contribution in [3.8, 4) is 0 Å². The molecule has 87 heavy (non-hydrogen) atoms. The molecule has 0 saturated heterocycles. The van der Waals surface area contributed by atoms with Crippen LogP contribution in [-0.2, 0) is 99.4 Å². The number of allylic oxidation sites excluding steroid dienone is 6. The number of unbranched alkanes of at least 4 members (excludes halogenated alkanes) is 2. The highest BCUT2D eigenvalue weighted by Crippen LogP contribution is 2.54. The lowest BCUT2D eigenvalue weighted by Gasteiger charge is -2.31. The first-order valence-electron chi connectivity index (χ1n) is 27.5. The quantitative estimate of drug-likeness (QED) is 0.0126. The van der Waals surface area contributed by atoms with Crippen molar-refractivity contribution in [3.05, 3.63) is 95.7 Å². The standard InChI is InChI=1S/C56H74N2O24S5/c1-55(19-11-35-83(61,62)63)50(58(22-24-79-30-32-80-27-25-76-3)47-18-16-42-44(53(47)55)36-40(84(64,65)66)38-48(42)86(70,71)72)12-7-5-8-13-51-56(2,20-23-78-29-31-82-34-33-81-28-26-77-4)54-45-37-41(85(67,68)69)39-49(87(73,74)75)43(45)15-17-46(54)57(51)21-10-6-9-14-52(59)60/h5,7-8,12-13,15-18,36-39H,6,9-11,14,19-35H2,1-4H3,(H5-,59,60,61,62,63,64,65,66,67,68,69,70,71,72,73,74,75)/p+1. The maximum Gasteiger partial charge on any atom is 0.303 e. The van der Waals surface area contributed by atoms with Crippen molar-refractivity contribution in [2.24, 2.45) is 0 Å². The lowest BCUT2D eigenvalue weighted by molar-refractivity contribution is -0.442. The summed E-state index contributed by atoms with van der Waals surface area (Å²) in [4.78, 5) is 10.1. The third kappa shape index (κ3) is 18.5. The van der Waals surface area contributed by atoms with Crippen molar-refractivity contribution in [2.75, 3.05) is 117 Å². The van der Waals surface area contributed by atoms with Crippen molar-refractivity contribution >= 4 is 95.2 Å². The zero-order chi connectivity index (χ0) is 64.0. The molecule has 6 rings (SSSR count). The molecule has 0 fully saturated rings. The molecule has 4 aromatic carbocycles. The Bertz CT molecular complexity index is 3850. The summed E-state index contributed by atoms with van der Waals surface area (Å²) in [7, 11) is -22.0. The average Bonchev–Trinajstić information content (AvgIpc) is 1.63. The number of hydrogen-bond donors (Lipinski definition) is 6. The van der Waals surface area contributed by atoms with Crippen LogP contribution in [0.2, 0.25) is 0 Å². The largest absolute Gasteiger partial charge is 0.481 e. The minimum atomic E-state index is -5.16. The molecule has 31 heteroatoms. The lowest BCUT2D eigenvalue weighted by atomic mass is 9.74. The van der Waals surface area contributed by atoms with Gasteiger partial charge in [0.25, 0.3) is 50.6 Å². The van der Waals surface area contributed by atoms with Crippen molar-refractivity contribution in [1.29, 1.82) is 0 Å². The van der Waals surface area contributed by atoms with E-state index < -0.39 is 92.7 Å². The van der Waals surface area contributed by atoms with E-state index in [1.165, 1.54) is 19.2 Å². The van der Waals surface area contributed by atoms with E-state index in [1.807, 2.05) is 11.8 Å². The predicted molar refractivity (Wildman–Crippen MR) is 320 cm³/mol. The van der Waals surface area contributed by atoms with Crippen LogP contribution in [0.5, 0.6) is 0 Å². The van der Waals surface area contributed by atoms with Gasteiger partial charge in [0.2, 0.25) is 5.69 Å². The Balaban J connectivity index is 1.52. The molecular weight excluding hydrogens is 1240 g/mol. The summed E-state index contributed by atoms with van der Waals surface area (Å²) < 4.78 is 219. The fraction of sp³-hybridized carbons (Fsp3) is 0.500. The summed E-state index contributed by atoms with van der Waals surface area (Å²) in [6, 6.07) is 9.38. The van der Waals surface area contributed by atoms with Gasteiger partial charge in [0.1, 0.15) is 16.4 Å². The molecule has 0 saturated carbocycles. The van der Waals surface area contributed by atoms with E-state index in [0.717, 1.165) is 12.1 Å². The van der Waals surface area contributed by atoms with Crippen LogP contribution in [0.15, 0.2) is 104 Å². The van der Waals surface area contributed by atoms with Crippen LogP contribution in [0.1, 0.15) is 69.9 Å². The first kappa shape index (κ1) is 70.9. The number of carboxylic acid groups (broad SMARTS) is 1. The highest BCUT2D eigenvalue weighted by molar-refractivity contribution is 7.87. The van der Waals surface area contributed by atoms with Gasteiger partial charge in [0, 0.05) is 79.1 Å². The monoisotopic (exact) mass is 1320 g/mol. The number of fused-ring (bicyclic) bond motifs is 6. The summed E-state index contributed by atoms with van der Waals surface area (Å²) in [6.07, 6.45) is 9.44. The number of aliphatic carboxylic acids is 1. The van der Waals surface area contributed by atoms with Crippen LogP contribution in [0, 0.1) is 0 Å². The van der Waals surface area contributed by atoms with E-state index in [-0.39, 0.29) is 112 Å². The smallest absolute Gasteiger partial charge is 0.303 e. The molecule has 0 amide bonds. The molecule has 0 radical (unpaired) electrons. The zero-order valence-corrected chi connectivity index (χ0v) is 52.6. The van der Waals surface area contributed by atoms with E-state index in [1.54, 1.807) is 61.1 Å². The van der Waals surface area contributed by atoms with E-state index in [9.17, 15) is 74.8 Å². The molecule has 2 unspecified atom stereocenters.